The summed E-state index contributed by atoms with van der Waals surface area (Å²) in [5.41, 5.74) is -0.764. The van der Waals surface area contributed by atoms with E-state index in [4.69, 9.17) is 10.2 Å². The van der Waals surface area contributed by atoms with Crippen LogP contribution in [-0.2, 0) is 7.05 Å². The van der Waals surface area contributed by atoms with Crippen molar-refractivity contribution in [3.8, 4) is 0 Å². The molecule has 0 bridgehead atoms. The number of rotatable bonds is 4. The minimum absolute atomic E-state index is 0.255. The molecule has 15 heavy (non-hydrogen) atoms. The Labute approximate surface area is 87.6 Å². The number of aliphatic hydroxyl groups is 2. The molecule has 0 atom stereocenters. The van der Waals surface area contributed by atoms with E-state index in [0.29, 0.717) is 0 Å². The molecule has 0 aliphatic rings. The highest BCUT2D eigenvalue weighted by molar-refractivity contribution is 5.92. The van der Waals surface area contributed by atoms with Crippen molar-refractivity contribution in [3.05, 3.63) is 18.2 Å². The van der Waals surface area contributed by atoms with Gasteiger partial charge in [0, 0.05) is 13.2 Å². The van der Waals surface area contributed by atoms with Gasteiger partial charge in [-0.3, -0.25) is 4.79 Å². The summed E-state index contributed by atoms with van der Waals surface area (Å²) >= 11 is 0. The van der Waals surface area contributed by atoms with Gasteiger partial charge in [-0.2, -0.15) is 0 Å². The van der Waals surface area contributed by atoms with E-state index in [1.54, 1.807) is 24.7 Å². The first-order valence-corrected chi connectivity index (χ1v) is 4.53. The number of aliphatic hydroxyl groups excluding tert-OH is 2. The third-order valence-electron chi connectivity index (χ3n) is 2.05. The summed E-state index contributed by atoms with van der Waals surface area (Å²) in [6.45, 7) is 0.887. The van der Waals surface area contributed by atoms with E-state index >= 15 is 0 Å². The highest BCUT2D eigenvalue weighted by Crippen LogP contribution is 2.03. The summed E-state index contributed by atoms with van der Waals surface area (Å²) in [6.07, 6.45) is 3.06. The zero-order valence-corrected chi connectivity index (χ0v) is 8.77. The summed E-state index contributed by atoms with van der Waals surface area (Å²) < 4.78 is 1.64. The van der Waals surface area contributed by atoms with Crippen LogP contribution >= 0.6 is 0 Å². The first-order valence-electron chi connectivity index (χ1n) is 4.53. The van der Waals surface area contributed by atoms with Crippen LogP contribution < -0.4 is 5.32 Å². The quantitative estimate of drug-likeness (QED) is 0.592. The maximum absolute atomic E-state index is 11.6. The number of aryl methyl sites for hydroxylation is 1. The average molecular weight is 213 g/mol. The zero-order valence-electron chi connectivity index (χ0n) is 8.77. The first kappa shape index (κ1) is 11.7. The fraction of sp³-hybridized carbons (Fsp3) is 0.556. The molecular formula is C9H15N3O3. The average Bonchev–Trinajstić information content (AvgIpc) is 2.65. The third-order valence-corrected chi connectivity index (χ3v) is 2.05. The number of hydrogen-bond acceptors (Lipinski definition) is 4. The predicted molar refractivity (Wildman–Crippen MR) is 53.3 cm³/mol. The van der Waals surface area contributed by atoms with Crippen LogP contribution in [0.3, 0.4) is 0 Å². The second kappa shape index (κ2) is 4.41. The molecule has 0 unspecified atom stereocenters. The third kappa shape index (κ3) is 2.77. The SMILES string of the molecule is Cn1cnc(C(=O)NC(C)(CO)CO)c1. The van der Waals surface area contributed by atoms with Gasteiger partial charge < -0.3 is 20.1 Å². The van der Waals surface area contributed by atoms with Crippen LogP contribution in [0.4, 0.5) is 0 Å². The first-order chi connectivity index (χ1) is 7.00. The smallest absolute Gasteiger partial charge is 0.272 e. The van der Waals surface area contributed by atoms with Crippen LogP contribution in [0.1, 0.15) is 17.4 Å². The number of imidazole rings is 1. The van der Waals surface area contributed by atoms with Crippen LogP contribution in [0.5, 0.6) is 0 Å². The van der Waals surface area contributed by atoms with E-state index in [2.05, 4.69) is 10.3 Å². The summed E-state index contributed by atoms with van der Waals surface area (Å²) in [6, 6.07) is 0. The lowest BCUT2D eigenvalue weighted by Crippen LogP contribution is -2.51. The Bertz CT molecular complexity index is 344. The van der Waals surface area contributed by atoms with Crippen LogP contribution in [-0.4, -0.2) is 44.4 Å². The van der Waals surface area contributed by atoms with Gasteiger partial charge >= 0.3 is 0 Å². The largest absolute Gasteiger partial charge is 0.394 e. The molecule has 84 valence electrons. The van der Waals surface area contributed by atoms with Crippen molar-refractivity contribution in [1.29, 1.82) is 0 Å². The van der Waals surface area contributed by atoms with Crippen LogP contribution in [0.2, 0.25) is 0 Å². The molecule has 0 fully saturated rings. The number of carbonyl (C=O) groups excluding carboxylic acids is 1. The summed E-state index contributed by atoms with van der Waals surface area (Å²) in [4.78, 5) is 15.4. The molecule has 1 aromatic rings. The molecule has 0 aliphatic carbocycles. The number of nitrogens with one attached hydrogen (secondary N) is 1. The highest BCUT2D eigenvalue weighted by atomic mass is 16.3. The zero-order chi connectivity index (χ0) is 11.5. The van der Waals surface area contributed by atoms with Crippen LogP contribution in [0, 0.1) is 0 Å². The van der Waals surface area contributed by atoms with Gasteiger partial charge in [-0.15, -0.1) is 0 Å². The van der Waals surface area contributed by atoms with Crippen LogP contribution in [0.25, 0.3) is 0 Å². The van der Waals surface area contributed by atoms with Crippen molar-refractivity contribution in [3.63, 3.8) is 0 Å². The van der Waals surface area contributed by atoms with Gasteiger partial charge in [-0.25, -0.2) is 4.98 Å². The Morgan fingerprint density at radius 1 is 1.60 bits per heavy atom. The van der Waals surface area contributed by atoms with Crippen molar-refractivity contribution in [2.24, 2.45) is 7.05 Å². The van der Waals surface area contributed by atoms with Crippen molar-refractivity contribution >= 4 is 5.91 Å². The van der Waals surface area contributed by atoms with E-state index < -0.39 is 11.4 Å². The standard InChI is InChI=1S/C9H15N3O3/c1-9(4-13,5-14)11-8(15)7-3-12(2)6-10-7/h3,6,13-14H,4-5H2,1-2H3,(H,11,15). The van der Waals surface area contributed by atoms with Gasteiger partial charge in [0.25, 0.3) is 5.91 Å². The van der Waals surface area contributed by atoms with Crippen molar-refractivity contribution in [2.45, 2.75) is 12.5 Å². The van der Waals surface area contributed by atoms with E-state index in [9.17, 15) is 4.79 Å². The lowest BCUT2D eigenvalue weighted by Gasteiger charge is -2.25. The van der Waals surface area contributed by atoms with Gasteiger partial charge in [-0.1, -0.05) is 0 Å². The molecule has 0 spiro atoms. The second-order valence-corrected chi connectivity index (χ2v) is 3.76. The molecule has 1 rings (SSSR count). The molecule has 6 heteroatoms. The number of aromatic nitrogens is 2. The fourth-order valence-electron chi connectivity index (χ4n) is 0.997. The molecule has 0 radical (unpaired) electrons. The predicted octanol–water partition coefficient (Wildman–Crippen LogP) is -1.11. The maximum Gasteiger partial charge on any atom is 0.272 e. The molecule has 0 saturated carbocycles. The fourth-order valence-corrected chi connectivity index (χ4v) is 0.997. The van der Waals surface area contributed by atoms with Gasteiger partial charge in [-0.05, 0) is 6.92 Å². The Morgan fingerprint density at radius 2 is 2.20 bits per heavy atom. The van der Waals surface area contributed by atoms with E-state index in [-0.39, 0.29) is 18.9 Å². The maximum atomic E-state index is 11.6. The molecule has 0 saturated heterocycles. The topological polar surface area (TPSA) is 87.4 Å². The van der Waals surface area contributed by atoms with Gasteiger partial charge in [0.2, 0.25) is 0 Å². The summed E-state index contributed by atoms with van der Waals surface area (Å²) in [5.74, 6) is -0.416. The van der Waals surface area contributed by atoms with Gasteiger partial charge in [0.1, 0.15) is 5.69 Å². The summed E-state index contributed by atoms with van der Waals surface area (Å²) in [7, 11) is 1.75. The Hall–Kier alpha value is -1.40. The molecule has 0 aromatic carbocycles. The van der Waals surface area contributed by atoms with Crippen molar-refractivity contribution < 1.29 is 15.0 Å². The molecule has 1 heterocycles. The van der Waals surface area contributed by atoms with Crippen LogP contribution in [0.15, 0.2) is 12.5 Å². The molecule has 0 aliphatic heterocycles. The van der Waals surface area contributed by atoms with Crippen molar-refractivity contribution in [2.75, 3.05) is 13.2 Å². The van der Waals surface area contributed by atoms with Crippen molar-refractivity contribution in [1.82, 2.24) is 14.9 Å². The number of carbonyl (C=O) groups is 1. The lowest BCUT2D eigenvalue weighted by molar-refractivity contribution is 0.0720. The van der Waals surface area contributed by atoms with E-state index in [0.717, 1.165) is 0 Å². The number of nitrogens with zero attached hydrogens (tertiary/aromatic N) is 2. The van der Waals surface area contributed by atoms with Gasteiger partial charge in [0.05, 0.1) is 25.1 Å². The molecule has 1 amide bonds. The van der Waals surface area contributed by atoms with E-state index in [1.807, 2.05) is 0 Å². The molecule has 6 nitrogen and oxygen atoms in total. The number of hydrogen-bond donors (Lipinski definition) is 3. The Balaban J connectivity index is 2.71. The number of amides is 1. The lowest BCUT2D eigenvalue weighted by atomic mass is 10.1. The van der Waals surface area contributed by atoms with Gasteiger partial charge in [0.15, 0.2) is 0 Å². The normalized spacial score (nSPS) is 11.5. The minimum Gasteiger partial charge on any atom is -0.394 e. The second-order valence-electron chi connectivity index (χ2n) is 3.76. The highest BCUT2D eigenvalue weighted by Gasteiger charge is 2.25. The monoisotopic (exact) mass is 213 g/mol. The summed E-state index contributed by atoms with van der Waals surface area (Å²) in [5, 5.41) is 20.5. The minimum atomic E-state index is -1.02. The Morgan fingerprint density at radius 3 is 2.60 bits per heavy atom. The van der Waals surface area contributed by atoms with E-state index in [1.165, 1.54) is 6.33 Å². The molecule has 1 aromatic heterocycles. The Kier molecular flexibility index (Phi) is 3.43. The molecular weight excluding hydrogens is 198 g/mol. The molecule has 3 N–H and O–H groups in total.